The molecule has 3 rings (SSSR count). The molecule has 0 aliphatic carbocycles. The summed E-state index contributed by atoms with van der Waals surface area (Å²) in [6, 6.07) is 22.4. The van der Waals surface area contributed by atoms with Gasteiger partial charge >= 0.3 is 5.97 Å². The number of esters is 1. The highest BCUT2D eigenvalue weighted by molar-refractivity contribution is 5.89. The lowest BCUT2D eigenvalue weighted by Crippen LogP contribution is -2.00. The number of rotatable bonds is 2. The number of hydrogen-bond acceptors (Lipinski definition) is 3. The van der Waals surface area contributed by atoms with Crippen molar-refractivity contribution in [2.45, 2.75) is 0 Å². The molecule has 0 radical (unpaired) electrons. The normalized spacial score (nSPS) is 9.36. The van der Waals surface area contributed by atoms with E-state index in [1.165, 1.54) is 7.11 Å². The second kappa shape index (κ2) is 9.12. The monoisotopic (exact) mass is 366 g/mol. The Bertz CT molecular complexity index is 1090. The van der Waals surface area contributed by atoms with Crippen LogP contribution in [-0.2, 0) is 4.74 Å². The van der Waals surface area contributed by atoms with E-state index in [2.05, 4.69) is 23.7 Å². The Morgan fingerprint density at radius 1 is 0.679 bits per heavy atom. The van der Waals surface area contributed by atoms with Crippen molar-refractivity contribution >= 4 is 5.97 Å². The summed E-state index contributed by atoms with van der Waals surface area (Å²) in [5, 5.41) is 0. The topological polar surface area (TPSA) is 35.5 Å². The molecule has 136 valence electrons. The average Bonchev–Trinajstić information content (AvgIpc) is 2.77. The van der Waals surface area contributed by atoms with E-state index in [1.54, 1.807) is 31.4 Å². The fourth-order valence-corrected chi connectivity index (χ4v) is 2.46. The molecule has 0 heterocycles. The number of carbonyl (C=O) groups excluding carboxylic acids is 1. The zero-order valence-electron chi connectivity index (χ0n) is 15.7. The van der Waals surface area contributed by atoms with Gasteiger partial charge in [-0.1, -0.05) is 35.8 Å². The van der Waals surface area contributed by atoms with Gasteiger partial charge < -0.3 is 9.47 Å². The first-order valence-corrected chi connectivity index (χ1v) is 8.65. The van der Waals surface area contributed by atoms with Crippen molar-refractivity contribution in [3.05, 3.63) is 101 Å². The first kappa shape index (κ1) is 18.8. The van der Waals surface area contributed by atoms with Gasteiger partial charge in [0.1, 0.15) is 5.75 Å². The molecule has 0 aliphatic rings. The molecule has 0 atom stereocenters. The van der Waals surface area contributed by atoms with Gasteiger partial charge in [-0.2, -0.15) is 0 Å². The van der Waals surface area contributed by atoms with Crippen LogP contribution in [0.3, 0.4) is 0 Å². The smallest absolute Gasteiger partial charge is 0.337 e. The molecule has 3 aromatic rings. The second-order valence-corrected chi connectivity index (χ2v) is 5.84. The zero-order chi connectivity index (χ0) is 19.8. The summed E-state index contributed by atoms with van der Waals surface area (Å²) in [4.78, 5) is 11.5. The van der Waals surface area contributed by atoms with Crippen LogP contribution in [-0.4, -0.2) is 20.2 Å². The quantitative estimate of drug-likeness (QED) is 0.502. The van der Waals surface area contributed by atoms with Gasteiger partial charge in [-0.3, -0.25) is 0 Å². The summed E-state index contributed by atoms with van der Waals surface area (Å²) in [6.45, 7) is 0. The minimum atomic E-state index is -0.362. The number of benzene rings is 3. The van der Waals surface area contributed by atoms with Gasteiger partial charge in [0, 0.05) is 22.3 Å². The van der Waals surface area contributed by atoms with E-state index in [0.717, 1.165) is 28.0 Å². The first-order valence-electron chi connectivity index (χ1n) is 8.65. The minimum absolute atomic E-state index is 0.362. The Hall–Kier alpha value is -3.95. The van der Waals surface area contributed by atoms with E-state index < -0.39 is 0 Å². The largest absolute Gasteiger partial charge is 0.497 e. The van der Waals surface area contributed by atoms with Crippen LogP contribution in [0.1, 0.15) is 32.6 Å². The Labute approximate surface area is 164 Å². The van der Waals surface area contributed by atoms with Gasteiger partial charge in [-0.15, -0.1) is 0 Å². The van der Waals surface area contributed by atoms with Crippen molar-refractivity contribution in [3.8, 4) is 29.4 Å². The average molecular weight is 366 g/mol. The molecule has 28 heavy (non-hydrogen) atoms. The highest BCUT2D eigenvalue weighted by atomic mass is 16.5. The standard InChI is InChI=1S/C25H18O3/c1-27-24-17-11-20(12-18-24)8-14-22-6-4-3-5-21(22)13-7-19-9-15-23(16-10-19)25(26)28-2/h3-6,9-12,15-18H,1-2H3. The summed E-state index contributed by atoms with van der Waals surface area (Å²) in [6.07, 6.45) is 0. The van der Waals surface area contributed by atoms with Crippen LogP contribution >= 0.6 is 0 Å². The number of ether oxygens (including phenoxy) is 2. The first-order chi connectivity index (χ1) is 13.7. The third-order valence-electron chi connectivity index (χ3n) is 4.01. The third-order valence-corrected chi connectivity index (χ3v) is 4.01. The van der Waals surface area contributed by atoms with Crippen molar-refractivity contribution in [2.24, 2.45) is 0 Å². The Morgan fingerprint density at radius 2 is 1.18 bits per heavy atom. The minimum Gasteiger partial charge on any atom is -0.497 e. The van der Waals surface area contributed by atoms with Crippen molar-refractivity contribution in [2.75, 3.05) is 14.2 Å². The maximum absolute atomic E-state index is 11.5. The molecule has 0 unspecified atom stereocenters. The Balaban J connectivity index is 1.83. The lowest BCUT2D eigenvalue weighted by molar-refractivity contribution is 0.0600. The Morgan fingerprint density at radius 3 is 1.64 bits per heavy atom. The molecular formula is C25H18O3. The number of carbonyl (C=O) groups is 1. The van der Waals surface area contributed by atoms with Gasteiger partial charge in [-0.05, 0) is 60.7 Å². The van der Waals surface area contributed by atoms with E-state index in [0.29, 0.717) is 5.56 Å². The van der Waals surface area contributed by atoms with Crippen molar-refractivity contribution < 1.29 is 14.3 Å². The molecule has 0 aromatic heterocycles. The van der Waals surface area contributed by atoms with Gasteiger partial charge in [0.2, 0.25) is 0 Å². The summed E-state index contributed by atoms with van der Waals surface area (Å²) in [5.74, 6) is 13.0. The fraction of sp³-hybridized carbons (Fsp3) is 0.0800. The van der Waals surface area contributed by atoms with Crippen LogP contribution < -0.4 is 4.74 Å². The predicted octanol–water partition coefficient (Wildman–Crippen LogP) is 4.28. The van der Waals surface area contributed by atoms with Gasteiger partial charge in [0.05, 0.1) is 19.8 Å². The Kier molecular flexibility index (Phi) is 6.13. The zero-order valence-corrected chi connectivity index (χ0v) is 15.7. The van der Waals surface area contributed by atoms with E-state index >= 15 is 0 Å². The summed E-state index contributed by atoms with van der Waals surface area (Å²) < 4.78 is 9.86. The van der Waals surface area contributed by atoms with Crippen LogP contribution in [0.5, 0.6) is 5.75 Å². The van der Waals surface area contributed by atoms with Crippen LogP contribution in [0.25, 0.3) is 0 Å². The SMILES string of the molecule is COC(=O)c1ccc(C#Cc2ccccc2C#Cc2ccc(OC)cc2)cc1. The van der Waals surface area contributed by atoms with Gasteiger partial charge in [0.25, 0.3) is 0 Å². The van der Waals surface area contributed by atoms with Crippen molar-refractivity contribution in [1.82, 2.24) is 0 Å². The second-order valence-electron chi connectivity index (χ2n) is 5.84. The van der Waals surface area contributed by atoms with Crippen LogP contribution in [0, 0.1) is 23.7 Å². The molecule has 0 saturated carbocycles. The lowest BCUT2D eigenvalue weighted by Gasteiger charge is -1.99. The molecular weight excluding hydrogens is 348 g/mol. The summed E-state index contributed by atoms with van der Waals surface area (Å²) in [7, 11) is 3.00. The molecule has 0 fully saturated rings. The van der Waals surface area contributed by atoms with E-state index in [4.69, 9.17) is 9.47 Å². The molecule has 3 heteroatoms. The third kappa shape index (κ3) is 4.81. The summed E-state index contributed by atoms with van der Waals surface area (Å²) >= 11 is 0. The van der Waals surface area contributed by atoms with Gasteiger partial charge in [0.15, 0.2) is 0 Å². The van der Waals surface area contributed by atoms with Crippen molar-refractivity contribution in [1.29, 1.82) is 0 Å². The van der Waals surface area contributed by atoms with E-state index in [-0.39, 0.29) is 5.97 Å². The predicted molar refractivity (Wildman–Crippen MR) is 109 cm³/mol. The molecule has 0 saturated heterocycles. The highest BCUT2D eigenvalue weighted by Crippen LogP contribution is 2.11. The number of hydrogen-bond donors (Lipinski definition) is 0. The molecule has 0 bridgehead atoms. The lowest BCUT2D eigenvalue weighted by atomic mass is 10.1. The van der Waals surface area contributed by atoms with Crippen LogP contribution in [0.15, 0.2) is 72.8 Å². The van der Waals surface area contributed by atoms with E-state index in [1.807, 2.05) is 48.5 Å². The number of methoxy groups -OCH3 is 2. The molecule has 3 aromatic carbocycles. The highest BCUT2D eigenvalue weighted by Gasteiger charge is 2.03. The van der Waals surface area contributed by atoms with Gasteiger partial charge in [-0.25, -0.2) is 4.79 Å². The molecule has 0 amide bonds. The maximum atomic E-state index is 11.5. The molecule has 0 spiro atoms. The molecule has 0 aliphatic heterocycles. The van der Waals surface area contributed by atoms with Crippen LogP contribution in [0.2, 0.25) is 0 Å². The van der Waals surface area contributed by atoms with E-state index in [9.17, 15) is 4.79 Å². The summed E-state index contributed by atoms with van der Waals surface area (Å²) in [5.41, 5.74) is 3.92. The maximum Gasteiger partial charge on any atom is 0.337 e. The fourth-order valence-electron chi connectivity index (χ4n) is 2.46. The van der Waals surface area contributed by atoms with Crippen LogP contribution in [0.4, 0.5) is 0 Å². The molecule has 3 nitrogen and oxygen atoms in total. The molecule has 0 N–H and O–H groups in total. The van der Waals surface area contributed by atoms with Crippen molar-refractivity contribution in [3.63, 3.8) is 0 Å².